The highest BCUT2D eigenvalue weighted by Crippen LogP contribution is 2.48. The molecule has 0 aromatic heterocycles. The Morgan fingerprint density at radius 1 is 1.05 bits per heavy atom. The topological polar surface area (TPSA) is 9.23 Å². The van der Waals surface area contributed by atoms with Gasteiger partial charge < -0.3 is 4.74 Å². The highest BCUT2D eigenvalue weighted by atomic mass is 16.5. The van der Waals surface area contributed by atoms with Crippen LogP contribution in [0.1, 0.15) is 36.5 Å². The summed E-state index contributed by atoms with van der Waals surface area (Å²) in [5, 5.41) is 0. The first-order valence-corrected chi connectivity index (χ1v) is 7.74. The molecule has 1 atom stereocenters. The van der Waals surface area contributed by atoms with Gasteiger partial charge in [0, 0.05) is 5.92 Å². The molecule has 1 aliphatic carbocycles. The average molecular weight is 290 g/mol. The van der Waals surface area contributed by atoms with Gasteiger partial charge in [-0.15, -0.1) is 6.58 Å². The van der Waals surface area contributed by atoms with Crippen LogP contribution >= 0.6 is 0 Å². The number of hydrogen-bond donors (Lipinski definition) is 0. The Kier molecular flexibility index (Phi) is 4.00. The fourth-order valence-electron chi connectivity index (χ4n) is 3.31. The van der Waals surface area contributed by atoms with Crippen LogP contribution in [-0.2, 0) is 4.74 Å². The molecule has 0 aliphatic heterocycles. The molecule has 0 fully saturated rings. The van der Waals surface area contributed by atoms with Crippen LogP contribution in [0.25, 0.3) is 11.6 Å². The zero-order chi connectivity index (χ0) is 15.6. The zero-order valence-electron chi connectivity index (χ0n) is 13.3. The van der Waals surface area contributed by atoms with Gasteiger partial charge in [-0.2, -0.15) is 0 Å². The molecule has 0 spiro atoms. The summed E-state index contributed by atoms with van der Waals surface area (Å²) in [4.78, 5) is 0. The fraction of sp³-hybridized carbons (Fsp3) is 0.238. The lowest BCUT2D eigenvalue weighted by Crippen LogP contribution is -2.33. The van der Waals surface area contributed by atoms with Crippen LogP contribution in [0, 0.1) is 0 Å². The molecule has 3 rings (SSSR count). The van der Waals surface area contributed by atoms with Crippen molar-refractivity contribution >= 4 is 11.6 Å². The van der Waals surface area contributed by atoms with E-state index in [1.807, 2.05) is 6.08 Å². The maximum absolute atomic E-state index is 6.11. The molecule has 1 nitrogen and oxygen atoms in total. The Morgan fingerprint density at radius 2 is 1.73 bits per heavy atom. The van der Waals surface area contributed by atoms with E-state index in [4.69, 9.17) is 4.74 Å². The Bertz CT molecular complexity index is 695. The quantitative estimate of drug-likeness (QED) is 0.678. The van der Waals surface area contributed by atoms with Crippen molar-refractivity contribution in [2.45, 2.75) is 25.4 Å². The van der Waals surface area contributed by atoms with Crippen LogP contribution < -0.4 is 0 Å². The van der Waals surface area contributed by atoms with Gasteiger partial charge in [0.25, 0.3) is 0 Å². The lowest BCUT2D eigenvalue weighted by atomic mass is 9.79. The summed E-state index contributed by atoms with van der Waals surface area (Å²) in [6, 6.07) is 19.2. The third kappa shape index (κ3) is 2.65. The zero-order valence-corrected chi connectivity index (χ0v) is 13.3. The van der Waals surface area contributed by atoms with Gasteiger partial charge in [0.15, 0.2) is 0 Å². The highest BCUT2D eigenvalue weighted by Gasteiger charge is 2.38. The number of ether oxygens (including phenoxy) is 1. The Hall–Kier alpha value is -2.12. The molecule has 0 unspecified atom stereocenters. The monoisotopic (exact) mass is 290 g/mol. The van der Waals surface area contributed by atoms with Crippen molar-refractivity contribution in [3.63, 3.8) is 0 Å². The van der Waals surface area contributed by atoms with Crippen molar-refractivity contribution in [3.8, 4) is 0 Å². The molecule has 1 heteroatoms. The SMILES string of the molecule is C=CCOC(C)(C)[C@@H]1C(c2ccccc2)=Cc2ccccc21. The molecule has 1 aliphatic rings. The van der Waals surface area contributed by atoms with Crippen LogP contribution in [0.2, 0.25) is 0 Å². The van der Waals surface area contributed by atoms with E-state index in [0.29, 0.717) is 6.61 Å². The minimum absolute atomic E-state index is 0.228. The highest BCUT2D eigenvalue weighted by molar-refractivity contribution is 5.92. The summed E-state index contributed by atoms with van der Waals surface area (Å²) >= 11 is 0. The average Bonchev–Trinajstić information content (AvgIpc) is 2.94. The standard InChI is InChI=1S/C21H22O/c1-4-14-22-21(2,3)20-18-13-9-8-12-17(18)15-19(20)16-10-6-5-7-11-16/h4-13,15,20H,1,14H2,2-3H3/t20-/m0/s1. The first kappa shape index (κ1) is 14.8. The summed E-state index contributed by atoms with van der Waals surface area (Å²) in [5.74, 6) is 0.228. The van der Waals surface area contributed by atoms with Crippen molar-refractivity contribution in [3.05, 3.63) is 83.9 Å². The van der Waals surface area contributed by atoms with E-state index >= 15 is 0 Å². The molecular weight excluding hydrogens is 268 g/mol. The van der Waals surface area contributed by atoms with Gasteiger partial charge in [-0.25, -0.2) is 0 Å². The molecule has 0 saturated carbocycles. The molecule has 0 saturated heterocycles. The smallest absolute Gasteiger partial charge is 0.0739 e. The van der Waals surface area contributed by atoms with Crippen LogP contribution in [0.4, 0.5) is 0 Å². The number of hydrogen-bond acceptors (Lipinski definition) is 1. The van der Waals surface area contributed by atoms with E-state index in [0.717, 1.165) is 0 Å². The number of fused-ring (bicyclic) bond motifs is 1. The van der Waals surface area contributed by atoms with Crippen molar-refractivity contribution in [1.29, 1.82) is 0 Å². The first-order chi connectivity index (χ1) is 10.6. The van der Waals surface area contributed by atoms with Gasteiger partial charge in [-0.05, 0) is 36.1 Å². The van der Waals surface area contributed by atoms with Gasteiger partial charge in [-0.1, -0.05) is 66.7 Å². The Balaban J connectivity index is 2.07. The summed E-state index contributed by atoms with van der Waals surface area (Å²) < 4.78 is 6.11. The minimum atomic E-state index is -0.289. The predicted octanol–water partition coefficient (Wildman–Crippen LogP) is 5.31. The van der Waals surface area contributed by atoms with Gasteiger partial charge in [0.1, 0.15) is 0 Å². The summed E-state index contributed by atoms with van der Waals surface area (Å²) in [6.07, 6.45) is 4.11. The number of rotatable bonds is 5. The molecule has 0 amide bonds. The second-order valence-electron chi connectivity index (χ2n) is 6.23. The molecule has 112 valence electrons. The van der Waals surface area contributed by atoms with Gasteiger partial charge in [0.05, 0.1) is 12.2 Å². The van der Waals surface area contributed by atoms with E-state index in [2.05, 4.69) is 81.1 Å². The molecule has 2 aromatic rings. The van der Waals surface area contributed by atoms with Crippen molar-refractivity contribution < 1.29 is 4.74 Å². The van der Waals surface area contributed by atoms with Crippen LogP contribution in [-0.4, -0.2) is 12.2 Å². The Labute approximate surface area is 133 Å². The fourth-order valence-corrected chi connectivity index (χ4v) is 3.31. The molecule has 2 aromatic carbocycles. The predicted molar refractivity (Wildman–Crippen MR) is 93.7 cm³/mol. The first-order valence-electron chi connectivity index (χ1n) is 7.74. The molecule has 0 bridgehead atoms. The summed E-state index contributed by atoms with van der Waals surface area (Å²) in [6.45, 7) is 8.67. The van der Waals surface area contributed by atoms with Crippen molar-refractivity contribution in [2.24, 2.45) is 0 Å². The molecule has 0 radical (unpaired) electrons. The van der Waals surface area contributed by atoms with E-state index in [1.54, 1.807) is 0 Å². The van der Waals surface area contributed by atoms with Crippen molar-refractivity contribution in [2.75, 3.05) is 6.61 Å². The van der Waals surface area contributed by atoms with E-state index in [1.165, 1.54) is 22.3 Å². The largest absolute Gasteiger partial charge is 0.371 e. The Morgan fingerprint density at radius 3 is 2.45 bits per heavy atom. The molecule has 22 heavy (non-hydrogen) atoms. The summed E-state index contributed by atoms with van der Waals surface area (Å²) in [5.41, 5.74) is 4.94. The maximum Gasteiger partial charge on any atom is 0.0739 e. The second-order valence-corrected chi connectivity index (χ2v) is 6.23. The van der Waals surface area contributed by atoms with Gasteiger partial charge in [-0.3, -0.25) is 0 Å². The lowest BCUT2D eigenvalue weighted by molar-refractivity contribution is -0.00896. The second kappa shape index (κ2) is 5.94. The number of benzene rings is 2. The van der Waals surface area contributed by atoms with Crippen molar-refractivity contribution in [1.82, 2.24) is 0 Å². The van der Waals surface area contributed by atoms with E-state index in [9.17, 15) is 0 Å². The maximum atomic E-state index is 6.11. The van der Waals surface area contributed by atoms with Crippen LogP contribution in [0.5, 0.6) is 0 Å². The van der Waals surface area contributed by atoms with Crippen LogP contribution in [0.3, 0.4) is 0 Å². The minimum Gasteiger partial charge on any atom is -0.371 e. The third-order valence-electron chi connectivity index (χ3n) is 4.30. The normalized spacial score (nSPS) is 17.0. The van der Waals surface area contributed by atoms with Gasteiger partial charge >= 0.3 is 0 Å². The molecule has 0 N–H and O–H groups in total. The third-order valence-corrected chi connectivity index (χ3v) is 4.30. The lowest BCUT2D eigenvalue weighted by Gasteiger charge is -2.34. The van der Waals surface area contributed by atoms with Crippen LogP contribution in [0.15, 0.2) is 67.3 Å². The molecular formula is C21H22O. The van der Waals surface area contributed by atoms with E-state index < -0.39 is 0 Å². The summed E-state index contributed by atoms with van der Waals surface area (Å²) in [7, 11) is 0. The molecule has 0 heterocycles. The van der Waals surface area contributed by atoms with E-state index in [-0.39, 0.29) is 11.5 Å². The van der Waals surface area contributed by atoms with Gasteiger partial charge in [0.2, 0.25) is 0 Å².